The van der Waals surface area contributed by atoms with Gasteiger partial charge in [-0.3, -0.25) is 4.99 Å². The van der Waals surface area contributed by atoms with Crippen LogP contribution in [0, 0.1) is 5.92 Å². The Balaban J connectivity index is 1.76. The Kier molecular flexibility index (Phi) is 8.05. The van der Waals surface area contributed by atoms with Crippen molar-refractivity contribution in [3.8, 4) is 0 Å². The van der Waals surface area contributed by atoms with E-state index < -0.39 is 6.10 Å². The number of likely N-dealkylation sites (tertiary alicyclic amines) is 1. The van der Waals surface area contributed by atoms with Crippen LogP contribution in [0.2, 0.25) is 0 Å². The van der Waals surface area contributed by atoms with Crippen molar-refractivity contribution in [1.29, 1.82) is 0 Å². The molecule has 1 aromatic carbocycles. The molecule has 5 nitrogen and oxygen atoms in total. The maximum Gasteiger partial charge on any atom is 0.191 e. The van der Waals surface area contributed by atoms with Crippen LogP contribution in [0.4, 0.5) is 0 Å². The van der Waals surface area contributed by atoms with Crippen LogP contribution in [0.3, 0.4) is 0 Å². The highest BCUT2D eigenvalue weighted by Gasteiger charge is 2.16. The van der Waals surface area contributed by atoms with E-state index in [-0.39, 0.29) is 0 Å². The number of hydrogen-bond acceptors (Lipinski definition) is 3. The Hall–Kier alpha value is -1.59. The molecule has 1 aliphatic heterocycles. The van der Waals surface area contributed by atoms with Crippen LogP contribution in [-0.4, -0.2) is 55.7 Å². The van der Waals surface area contributed by atoms with Crippen molar-refractivity contribution in [2.45, 2.75) is 32.3 Å². The van der Waals surface area contributed by atoms with Gasteiger partial charge in [0, 0.05) is 26.2 Å². The number of hydrogen-bond donors (Lipinski definition) is 3. The first-order valence-corrected chi connectivity index (χ1v) is 9.12. The second kappa shape index (κ2) is 10.3. The molecule has 0 amide bonds. The molecule has 0 aromatic heterocycles. The van der Waals surface area contributed by atoms with Crippen molar-refractivity contribution in [3.05, 3.63) is 35.9 Å². The van der Waals surface area contributed by atoms with Crippen LogP contribution in [0.1, 0.15) is 37.9 Å². The SMILES string of the molecule is CCNC(=NCC1CCCN(C)C1)NCCC(O)c1ccccc1. The van der Waals surface area contributed by atoms with Crippen molar-refractivity contribution < 1.29 is 5.11 Å². The Morgan fingerprint density at radius 2 is 2.12 bits per heavy atom. The van der Waals surface area contributed by atoms with Gasteiger partial charge >= 0.3 is 0 Å². The van der Waals surface area contributed by atoms with Crippen LogP contribution >= 0.6 is 0 Å². The number of aliphatic hydroxyl groups is 1. The van der Waals surface area contributed by atoms with Gasteiger partial charge in [-0.05, 0) is 51.3 Å². The molecule has 1 fully saturated rings. The fourth-order valence-corrected chi connectivity index (χ4v) is 3.15. The van der Waals surface area contributed by atoms with Gasteiger partial charge in [0.15, 0.2) is 5.96 Å². The number of rotatable bonds is 7. The molecule has 0 aliphatic carbocycles. The van der Waals surface area contributed by atoms with Crippen molar-refractivity contribution in [3.63, 3.8) is 0 Å². The van der Waals surface area contributed by atoms with Crippen molar-refractivity contribution in [2.24, 2.45) is 10.9 Å². The average molecular weight is 332 g/mol. The lowest BCUT2D eigenvalue weighted by Crippen LogP contribution is -2.39. The molecule has 0 bridgehead atoms. The second-order valence-corrected chi connectivity index (χ2v) is 6.63. The van der Waals surface area contributed by atoms with Crippen LogP contribution in [0.15, 0.2) is 35.3 Å². The van der Waals surface area contributed by atoms with Gasteiger partial charge in [0.05, 0.1) is 6.10 Å². The number of aliphatic imine (C=N–C) groups is 1. The summed E-state index contributed by atoms with van der Waals surface area (Å²) in [7, 11) is 2.18. The largest absolute Gasteiger partial charge is 0.388 e. The molecule has 1 heterocycles. The van der Waals surface area contributed by atoms with Crippen LogP contribution in [0.25, 0.3) is 0 Å². The summed E-state index contributed by atoms with van der Waals surface area (Å²) in [6.45, 7) is 6.82. The molecular formula is C19H32N4O. The van der Waals surface area contributed by atoms with E-state index in [1.165, 1.54) is 19.4 Å². The van der Waals surface area contributed by atoms with E-state index in [0.717, 1.165) is 31.2 Å². The maximum absolute atomic E-state index is 10.2. The number of benzene rings is 1. The molecule has 1 aromatic rings. The number of aliphatic hydroxyl groups excluding tert-OH is 1. The van der Waals surface area contributed by atoms with E-state index in [0.29, 0.717) is 18.9 Å². The zero-order chi connectivity index (χ0) is 17.2. The molecule has 1 aliphatic rings. The Bertz CT molecular complexity index is 491. The number of guanidine groups is 1. The number of nitrogens with one attached hydrogen (secondary N) is 2. The molecule has 134 valence electrons. The standard InChI is InChI=1S/C19H32N4O/c1-3-20-19(22-14-16-8-7-13-23(2)15-16)21-12-11-18(24)17-9-5-4-6-10-17/h4-6,9-10,16,18,24H,3,7-8,11-15H2,1-2H3,(H2,20,21,22). The molecule has 0 radical (unpaired) electrons. The topological polar surface area (TPSA) is 59.9 Å². The first-order chi connectivity index (χ1) is 11.7. The van der Waals surface area contributed by atoms with Gasteiger partial charge in [0.25, 0.3) is 0 Å². The van der Waals surface area contributed by atoms with Crippen LogP contribution in [0.5, 0.6) is 0 Å². The first kappa shape index (κ1) is 18.7. The predicted molar refractivity (Wildman–Crippen MR) is 100 cm³/mol. The molecule has 0 saturated carbocycles. The molecule has 3 N–H and O–H groups in total. The van der Waals surface area contributed by atoms with Crippen molar-refractivity contribution in [1.82, 2.24) is 15.5 Å². The summed E-state index contributed by atoms with van der Waals surface area (Å²) in [5.41, 5.74) is 0.964. The fourth-order valence-electron chi connectivity index (χ4n) is 3.15. The lowest BCUT2D eigenvalue weighted by molar-refractivity contribution is 0.168. The van der Waals surface area contributed by atoms with Gasteiger partial charge in [-0.1, -0.05) is 30.3 Å². The summed E-state index contributed by atoms with van der Waals surface area (Å²) in [5.74, 6) is 1.50. The minimum absolute atomic E-state index is 0.437. The molecule has 2 atom stereocenters. The summed E-state index contributed by atoms with van der Waals surface area (Å²) in [4.78, 5) is 7.12. The van der Waals surface area contributed by atoms with Gasteiger partial charge in [-0.15, -0.1) is 0 Å². The van der Waals surface area contributed by atoms with E-state index >= 15 is 0 Å². The number of nitrogens with zero attached hydrogens (tertiary/aromatic N) is 2. The lowest BCUT2D eigenvalue weighted by Gasteiger charge is -2.28. The normalized spacial score (nSPS) is 20.6. The monoisotopic (exact) mass is 332 g/mol. The molecule has 2 rings (SSSR count). The first-order valence-electron chi connectivity index (χ1n) is 9.12. The molecule has 5 heteroatoms. The third-order valence-corrected chi connectivity index (χ3v) is 4.47. The van der Waals surface area contributed by atoms with E-state index in [2.05, 4.69) is 29.5 Å². The fraction of sp³-hybridized carbons (Fsp3) is 0.632. The summed E-state index contributed by atoms with van der Waals surface area (Å²) >= 11 is 0. The third-order valence-electron chi connectivity index (χ3n) is 4.47. The summed E-state index contributed by atoms with van der Waals surface area (Å²) in [6, 6.07) is 9.80. The van der Waals surface area contributed by atoms with Crippen LogP contribution in [-0.2, 0) is 0 Å². The highest BCUT2D eigenvalue weighted by atomic mass is 16.3. The van der Waals surface area contributed by atoms with E-state index in [1.54, 1.807) is 0 Å². The van der Waals surface area contributed by atoms with Crippen molar-refractivity contribution in [2.75, 3.05) is 39.8 Å². The maximum atomic E-state index is 10.2. The van der Waals surface area contributed by atoms with Gasteiger partial charge in [-0.2, -0.15) is 0 Å². The highest BCUT2D eigenvalue weighted by molar-refractivity contribution is 5.79. The van der Waals surface area contributed by atoms with Crippen LogP contribution < -0.4 is 10.6 Å². The molecule has 24 heavy (non-hydrogen) atoms. The van der Waals surface area contributed by atoms with E-state index in [1.807, 2.05) is 30.3 Å². The molecule has 1 saturated heterocycles. The van der Waals surface area contributed by atoms with Gasteiger partial charge in [0.1, 0.15) is 0 Å². The Morgan fingerprint density at radius 3 is 2.83 bits per heavy atom. The summed E-state index contributed by atoms with van der Waals surface area (Å²) in [6.07, 6.45) is 2.76. The molecule has 2 unspecified atom stereocenters. The minimum Gasteiger partial charge on any atom is -0.388 e. The lowest BCUT2D eigenvalue weighted by atomic mass is 9.99. The van der Waals surface area contributed by atoms with Gasteiger partial charge in [0.2, 0.25) is 0 Å². The molecular weight excluding hydrogens is 300 g/mol. The zero-order valence-electron chi connectivity index (χ0n) is 15.0. The second-order valence-electron chi connectivity index (χ2n) is 6.63. The van der Waals surface area contributed by atoms with Crippen molar-refractivity contribution >= 4 is 5.96 Å². The third kappa shape index (κ3) is 6.49. The highest BCUT2D eigenvalue weighted by Crippen LogP contribution is 2.16. The smallest absolute Gasteiger partial charge is 0.191 e. The summed E-state index contributed by atoms with van der Waals surface area (Å²) in [5, 5.41) is 16.8. The zero-order valence-corrected chi connectivity index (χ0v) is 15.0. The van der Waals surface area contributed by atoms with Gasteiger partial charge < -0.3 is 20.6 Å². The number of piperidine rings is 1. The predicted octanol–water partition coefficient (Wildman–Crippen LogP) is 2.01. The average Bonchev–Trinajstić information content (AvgIpc) is 2.60. The van der Waals surface area contributed by atoms with E-state index in [9.17, 15) is 5.11 Å². The Morgan fingerprint density at radius 1 is 1.33 bits per heavy atom. The minimum atomic E-state index is -0.437. The quantitative estimate of drug-likeness (QED) is 0.528. The van der Waals surface area contributed by atoms with Gasteiger partial charge in [-0.25, -0.2) is 0 Å². The Labute approximate surface area is 146 Å². The van der Waals surface area contributed by atoms with E-state index in [4.69, 9.17) is 4.99 Å². The summed E-state index contributed by atoms with van der Waals surface area (Å²) < 4.78 is 0. The molecule has 0 spiro atoms.